The highest BCUT2D eigenvalue weighted by atomic mass is 14.9. The van der Waals surface area contributed by atoms with E-state index in [0.717, 1.165) is 40.3 Å². The van der Waals surface area contributed by atoms with E-state index in [1.54, 1.807) is 0 Å². The van der Waals surface area contributed by atoms with Gasteiger partial charge in [0.05, 0.1) is 17.1 Å². The number of nitrogens with one attached hydrogen (secondary N) is 1. The molecule has 2 nitrogen and oxygen atoms in total. The summed E-state index contributed by atoms with van der Waals surface area (Å²) >= 11 is 0. The molecule has 4 aromatic carbocycles. The fourth-order valence-electron chi connectivity index (χ4n) is 3.92. The molecule has 0 aliphatic heterocycles. The van der Waals surface area contributed by atoms with Crippen molar-refractivity contribution in [1.82, 2.24) is 4.98 Å². The summed E-state index contributed by atoms with van der Waals surface area (Å²) in [5.74, 6) is 0. The second-order valence-electron chi connectivity index (χ2n) is 7.72. The molecular formula is C30H24N2. The Kier molecular flexibility index (Phi) is 5.76. The number of rotatable bonds is 6. The third kappa shape index (κ3) is 4.30. The first kappa shape index (κ1) is 19.8. The van der Waals surface area contributed by atoms with Crippen molar-refractivity contribution in [1.29, 1.82) is 0 Å². The molecule has 0 bridgehead atoms. The summed E-state index contributed by atoms with van der Waals surface area (Å²) in [7, 11) is 0. The summed E-state index contributed by atoms with van der Waals surface area (Å²) in [4.78, 5) is 5.15. The van der Waals surface area contributed by atoms with E-state index in [1.807, 2.05) is 18.2 Å². The molecule has 0 spiro atoms. The number of anilines is 1. The SMILES string of the molecule is c1ccc(CNc2c(-c3ccccc3)cc(-c3ccccc3)nc2-c2ccccc2)cc1. The summed E-state index contributed by atoms with van der Waals surface area (Å²) in [6.07, 6.45) is 0. The summed E-state index contributed by atoms with van der Waals surface area (Å²) in [6, 6.07) is 44.0. The maximum Gasteiger partial charge on any atom is 0.0947 e. The van der Waals surface area contributed by atoms with Gasteiger partial charge < -0.3 is 5.32 Å². The molecule has 32 heavy (non-hydrogen) atoms. The van der Waals surface area contributed by atoms with Gasteiger partial charge in [-0.2, -0.15) is 0 Å². The van der Waals surface area contributed by atoms with E-state index < -0.39 is 0 Å². The molecule has 2 heteroatoms. The molecule has 0 saturated heterocycles. The first-order valence-electron chi connectivity index (χ1n) is 10.9. The number of benzene rings is 4. The Labute approximate surface area is 189 Å². The number of hydrogen-bond donors (Lipinski definition) is 1. The molecule has 0 fully saturated rings. The second kappa shape index (κ2) is 9.32. The van der Waals surface area contributed by atoms with Gasteiger partial charge in [-0.25, -0.2) is 4.98 Å². The number of pyridine rings is 1. The van der Waals surface area contributed by atoms with E-state index in [4.69, 9.17) is 4.98 Å². The predicted molar refractivity (Wildman–Crippen MR) is 134 cm³/mol. The van der Waals surface area contributed by atoms with Gasteiger partial charge in [0.2, 0.25) is 0 Å². The molecule has 0 saturated carbocycles. The number of hydrogen-bond acceptors (Lipinski definition) is 2. The molecule has 1 heterocycles. The van der Waals surface area contributed by atoms with Crippen LogP contribution in [0.4, 0.5) is 5.69 Å². The Balaban J connectivity index is 1.71. The first-order valence-corrected chi connectivity index (χ1v) is 10.9. The van der Waals surface area contributed by atoms with Crippen molar-refractivity contribution in [2.45, 2.75) is 6.54 Å². The van der Waals surface area contributed by atoms with Crippen LogP contribution in [0.3, 0.4) is 0 Å². The van der Waals surface area contributed by atoms with E-state index in [9.17, 15) is 0 Å². The van der Waals surface area contributed by atoms with Crippen molar-refractivity contribution < 1.29 is 0 Å². The van der Waals surface area contributed by atoms with Gasteiger partial charge in [0.25, 0.3) is 0 Å². The average molecular weight is 413 g/mol. The summed E-state index contributed by atoms with van der Waals surface area (Å²) in [6.45, 7) is 0.729. The zero-order valence-electron chi connectivity index (χ0n) is 17.8. The van der Waals surface area contributed by atoms with Gasteiger partial charge in [-0.3, -0.25) is 0 Å². The lowest BCUT2D eigenvalue weighted by Crippen LogP contribution is -2.05. The average Bonchev–Trinajstić information content (AvgIpc) is 2.89. The van der Waals surface area contributed by atoms with Gasteiger partial charge in [0.1, 0.15) is 0 Å². The molecule has 154 valence electrons. The smallest absolute Gasteiger partial charge is 0.0947 e. The van der Waals surface area contributed by atoms with Gasteiger partial charge in [0.15, 0.2) is 0 Å². The minimum absolute atomic E-state index is 0.729. The monoisotopic (exact) mass is 412 g/mol. The Hall–Kier alpha value is -4.17. The minimum Gasteiger partial charge on any atom is -0.379 e. The van der Waals surface area contributed by atoms with Crippen molar-refractivity contribution in [3.8, 4) is 33.6 Å². The molecule has 1 aromatic heterocycles. The van der Waals surface area contributed by atoms with E-state index in [1.165, 1.54) is 11.1 Å². The molecule has 5 aromatic rings. The lowest BCUT2D eigenvalue weighted by molar-refractivity contribution is 1.14. The molecule has 0 atom stereocenters. The zero-order valence-corrected chi connectivity index (χ0v) is 17.8. The number of nitrogens with zero attached hydrogens (tertiary/aromatic N) is 1. The van der Waals surface area contributed by atoms with E-state index in [-0.39, 0.29) is 0 Å². The summed E-state index contributed by atoms with van der Waals surface area (Å²) < 4.78 is 0. The molecule has 0 unspecified atom stereocenters. The highest BCUT2D eigenvalue weighted by Gasteiger charge is 2.16. The third-order valence-corrected chi connectivity index (χ3v) is 5.53. The van der Waals surface area contributed by atoms with Crippen LogP contribution >= 0.6 is 0 Å². The summed E-state index contributed by atoms with van der Waals surface area (Å²) in [5, 5.41) is 3.71. The Morgan fingerprint density at radius 3 is 1.62 bits per heavy atom. The lowest BCUT2D eigenvalue weighted by Gasteiger charge is -2.19. The maximum absolute atomic E-state index is 5.15. The minimum atomic E-state index is 0.729. The van der Waals surface area contributed by atoms with Crippen LogP contribution < -0.4 is 5.32 Å². The van der Waals surface area contributed by atoms with Crippen molar-refractivity contribution in [3.05, 3.63) is 133 Å². The third-order valence-electron chi connectivity index (χ3n) is 5.53. The zero-order chi connectivity index (χ0) is 21.6. The van der Waals surface area contributed by atoms with Crippen molar-refractivity contribution in [3.63, 3.8) is 0 Å². The van der Waals surface area contributed by atoms with Gasteiger partial charge in [-0.1, -0.05) is 121 Å². The van der Waals surface area contributed by atoms with Gasteiger partial charge in [0, 0.05) is 23.2 Å². The van der Waals surface area contributed by atoms with Crippen LogP contribution in [0.5, 0.6) is 0 Å². The van der Waals surface area contributed by atoms with E-state index >= 15 is 0 Å². The molecule has 1 N–H and O–H groups in total. The van der Waals surface area contributed by atoms with Crippen LogP contribution in [-0.2, 0) is 6.54 Å². The van der Waals surface area contributed by atoms with E-state index in [2.05, 4.69) is 115 Å². The first-order chi connectivity index (χ1) is 15.9. The Morgan fingerprint density at radius 2 is 1.03 bits per heavy atom. The molecule has 0 radical (unpaired) electrons. The molecule has 0 aliphatic carbocycles. The van der Waals surface area contributed by atoms with Crippen LogP contribution in [0.25, 0.3) is 33.6 Å². The molecular weight excluding hydrogens is 388 g/mol. The number of aromatic nitrogens is 1. The highest BCUT2D eigenvalue weighted by Crippen LogP contribution is 2.39. The Bertz CT molecular complexity index is 1220. The van der Waals surface area contributed by atoms with Crippen molar-refractivity contribution >= 4 is 5.69 Å². The fourth-order valence-corrected chi connectivity index (χ4v) is 3.92. The van der Waals surface area contributed by atoms with Crippen LogP contribution in [0.15, 0.2) is 127 Å². The summed E-state index contributed by atoms with van der Waals surface area (Å²) in [5.41, 5.74) is 8.72. The van der Waals surface area contributed by atoms with Gasteiger partial charge in [-0.05, 0) is 17.2 Å². The largest absolute Gasteiger partial charge is 0.379 e. The normalized spacial score (nSPS) is 10.6. The molecule has 0 amide bonds. The maximum atomic E-state index is 5.15. The van der Waals surface area contributed by atoms with E-state index in [0.29, 0.717) is 0 Å². The lowest BCUT2D eigenvalue weighted by atomic mass is 9.97. The van der Waals surface area contributed by atoms with Crippen LogP contribution in [0.2, 0.25) is 0 Å². The van der Waals surface area contributed by atoms with Crippen LogP contribution in [0, 0.1) is 0 Å². The molecule has 0 aliphatic rings. The van der Waals surface area contributed by atoms with Crippen LogP contribution in [0.1, 0.15) is 5.56 Å². The predicted octanol–water partition coefficient (Wildman–Crippen LogP) is 7.69. The Morgan fingerprint density at radius 1 is 0.531 bits per heavy atom. The molecule has 5 rings (SSSR count). The van der Waals surface area contributed by atoms with Crippen molar-refractivity contribution in [2.24, 2.45) is 0 Å². The topological polar surface area (TPSA) is 24.9 Å². The van der Waals surface area contributed by atoms with Gasteiger partial charge >= 0.3 is 0 Å². The fraction of sp³-hybridized carbons (Fsp3) is 0.0333. The second-order valence-corrected chi connectivity index (χ2v) is 7.72. The van der Waals surface area contributed by atoms with Crippen LogP contribution in [-0.4, -0.2) is 4.98 Å². The quantitative estimate of drug-likeness (QED) is 0.309. The van der Waals surface area contributed by atoms with Gasteiger partial charge in [-0.15, -0.1) is 0 Å². The highest BCUT2D eigenvalue weighted by molar-refractivity contribution is 5.91. The van der Waals surface area contributed by atoms with Crippen molar-refractivity contribution in [2.75, 3.05) is 5.32 Å². The standard InChI is InChI=1S/C30H24N2/c1-5-13-23(14-6-1)22-31-30-27(24-15-7-2-8-16-24)21-28(25-17-9-3-10-18-25)32-29(30)26-19-11-4-12-20-26/h1-21,31H,22H2.